The molecule has 36 heteroatoms. The minimum absolute atomic E-state index is 0.0852. The molecule has 0 bridgehead atoms. The number of rotatable bonds is 92. The summed E-state index contributed by atoms with van der Waals surface area (Å²) in [4.78, 5) is 0. The van der Waals surface area contributed by atoms with E-state index in [1.807, 2.05) is 0 Å². The second-order valence-electron chi connectivity index (χ2n) is 21.4. The molecule has 0 radical (unpaired) electrons. The third kappa shape index (κ3) is 75.2. The Morgan fingerprint density at radius 2 is 0.257 bits per heavy atom. The van der Waals surface area contributed by atoms with E-state index in [-0.39, 0.29) is 291 Å². The van der Waals surface area contributed by atoms with Crippen LogP contribution in [0, 0.1) is 5.41 Å². The number of aliphatic hydroxyl groups is 8. The molecule has 0 aliphatic heterocycles. The maximum Gasteiger partial charge on any atom is 0.104 e. The van der Waals surface area contributed by atoms with Crippen LogP contribution in [0.1, 0.15) is 0 Å². The van der Waals surface area contributed by atoms with E-state index in [1.54, 1.807) is 0 Å². The lowest BCUT2D eigenvalue weighted by atomic mass is 9.92. The summed E-state index contributed by atoms with van der Waals surface area (Å²) in [5.41, 5.74) is -0.879. The van der Waals surface area contributed by atoms with Gasteiger partial charge in [0.2, 0.25) is 0 Å². The first kappa shape index (κ1) is 99.6. The average molecular weight is 1490 g/mol. The highest BCUT2D eigenvalue weighted by atomic mass is 16.6. The van der Waals surface area contributed by atoms with Crippen LogP contribution in [0.2, 0.25) is 0 Å². The standard InChI is InChI=1S/C65H132O36/c66-1-9-74-17-29-86-49-61(50-87-30-18-75-10-2-67)98-45-41-82-25-37-94-57-65(58-95-38-26-83-42-46-99-62(51-88-31-19-76-11-3-68)52-89-32-20-77-12-4-69,59-96-39-27-84-43-47-100-63(53-90-33-21-78-13-5-70)54-91-34-22-79-14-6-71)60-97-40-28-85-44-48-101-64(55-92-35-23-80-15-7-72)56-93-36-24-81-16-8-73/h61-64,66-73H,1-60H2. The molecule has 0 atom stereocenters. The maximum absolute atomic E-state index is 9.01. The molecule has 0 amide bonds. The van der Waals surface area contributed by atoms with Crippen LogP contribution in [0.3, 0.4) is 0 Å². The summed E-state index contributed by atoms with van der Waals surface area (Å²) in [6.07, 6.45) is -1.68. The van der Waals surface area contributed by atoms with Crippen LogP contribution < -0.4 is 0 Å². The van der Waals surface area contributed by atoms with Gasteiger partial charge in [0, 0.05) is 0 Å². The smallest absolute Gasteiger partial charge is 0.104 e. The van der Waals surface area contributed by atoms with Gasteiger partial charge in [0.15, 0.2) is 0 Å². The quantitative estimate of drug-likeness (QED) is 0.0268. The summed E-state index contributed by atoms with van der Waals surface area (Å²) < 4.78 is 161. The van der Waals surface area contributed by atoms with E-state index in [1.165, 1.54) is 0 Å². The molecule has 8 N–H and O–H groups in total. The predicted octanol–water partition coefficient (Wildman–Crippen LogP) is -4.15. The fraction of sp³-hybridized carbons (Fsp3) is 1.00. The molecule has 101 heavy (non-hydrogen) atoms. The Bertz CT molecular complexity index is 1240. The third-order valence-corrected chi connectivity index (χ3v) is 12.7. The van der Waals surface area contributed by atoms with E-state index in [4.69, 9.17) is 173 Å². The lowest BCUT2D eigenvalue weighted by molar-refractivity contribution is -0.126. The van der Waals surface area contributed by atoms with Crippen molar-refractivity contribution in [2.75, 3.05) is 396 Å². The minimum Gasteiger partial charge on any atom is -0.394 e. The van der Waals surface area contributed by atoms with Gasteiger partial charge in [0.1, 0.15) is 24.4 Å². The molecule has 0 aromatic carbocycles. The number of aliphatic hydroxyl groups excluding tert-OH is 8. The number of ether oxygens (including phenoxy) is 28. The molecule has 0 spiro atoms. The lowest BCUT2D eigenvalue weighted by Gasteiger charge is -2.33. The first-order chi connectivity index (χ1) is 50.0. The van der Waals surface area contributed by atoms with Gasteiger partial charge in [-0.2, -0.15) is 0 Å². The van der Waals surface area contributed by atoms with Crippen molar-refractivity contribution >= 4 is 0 Å². The maximum atomic E-state index is 9.01. The van der Waals surface area contributed by atoms with E-state index in [0.29, 0.717) is 106 Å². The van der Waals surface area contributed by atoms with Gasteiger partial charge in [-0.05, 0) is 0 Å². The molecular formula is C65H132O36. The fourth-order valence-electron chi connectivity index (χ4n) is 7.95. The van der Waals surface area contributed by atoms with Gasteiger partial charge in [-0.3, -0.25) is 0 Å². The molecule has 0 fully saturated rings. The Hall–Kier alpha value is -1.44. The van der Waals surface area contributed by atoms with Gasteiger partial charge in [0.25, 0.3) is 0 Å². The Kier molecular flexibility index (Phi) is 84.6. The molecule has 0 unspecified atom stereocenters. The molecule has 608 valence electrons. The molecule has 0 aromatic heterocycles. The first-order valence-electron chi connectivity index (χ1n) is 35.2. The zero-order valence-corrected chi connectivity index (χ0v) is 60.2. The normalized spacial score (nSPS) is 12.2. The zero-order valence-electron chi connectivity index (χ0n) is 60.2. The van der Waals surface area contributed by atoms with Gasteiger partial charge in [-0.15, -0.1) is 0 Å². The van der Waals surface area contributed by atoms with Crippen LogP contribution >= 0.6 is 0 Å². The molecule has 36 nitrogen and oxygen atoms in total. The zero-order chi connectivity index (χ0) is 73.0. The second-order valence-corrected chi connectivity index (χ2v) is 21.4. The summed E-state index contributed by atoms with van der Waals surface area (Å²) in [6, 6.07) is 0. The largest absolute Gasteiger partial charge is 0.394 e. The molecule has 0 aliphatic carbocycles. The summed E-state index contributed by atoms with van der Waals surface area (Å²) in [6.45, 7) is 11.7. The highest BCUT2D eigenvalue weighted by molar-refractivity contribution is 4.80. The number of hydrogen-bond acceptors (Lipinski definition) is 36. The second kappa shape index (κ2) is 85.8. The average Bonchev–Trinajstić information content (AvgIpc) is 0.947. The van der Waals surface area contributed by atoms with E-state index >= 15 is 0 Å². The van der Waals surface area contributed by atoms with Crippen molar-refractivity contribution in [3.63, 3.8) is 0 Å². The van der Waals surface area contributed by atoms with Gasteiger partial charge in [-0.25, -0.2) is 0 Å². The minimum atomic E-state index is -0.879. The van der Waals surface area contributed by atoms with E-state index < -0.39 is 29.8 Å². The lowest BCUT2D eigenvalue weighted by Crippen LogP contribution is -2.43. The van der Waals surface area contributed by atoms with Gasteiger partial charge in [0.05, 0.1) is 402 Å². The Morgan fingerprint density at radius 3 is 0.406 bits per heavy atom. The van der Waals surface area contributed by atoms with Crippen LogP contribution in [0.25, 0.3) is 0 Å². The topological polar surface area (TPSA) is 420 Å². The van der Waals surface area contributed by atoms with Crippen molar-refractivity contribution in [2.45, 2.75) is 24.4 Å². The summed E-state index contributed by atoms with van der Waals surface area (Å²) in [5.74, 6) is 0. The van der Waals surface area contributed by atoms with Crippen molar-refractivity contribution in [3.05, 3.63) is 0 Å². The van der Waals surface area contributed by atoms with Crippen LogP contribution in [0.4, 0.5) is 0 Å². The monoisotopic (exact) mass is 1490 g/mol. The van der Waals surface area contributed by atoms with Crippen LogP contribution in [0.15, 0.2) is 0 Å². The first-order valence-corrected chi connectivity index (χ1v) is 35.2. The van der Waals surface area contributed by atoms with Gasteiger partial charge in [-0.1, -0.05) is 0 Å². The van der Waals surface area contributed by atoms with Crippen LogP contribution in [-0.2, 0) is 133 Å². The van der Waals surface area contributed by atoms with Crippen LogP contribution in [-0.4, -0.2) is 462 Å². The summed E-state index contributed by atoms with van der Waals surface area (Å²) in [5, 5.41) is 72.1. The molecular weight excluding hydrogens is 1360 g/mol. The van der Waals surface area contributed by atoms with E-state index in [0.717, 1.165) is 0 Å². The third-order valence-electron chi connectivity index (χ3n) is 12.7. The summed E-state index contributed by atoms with van der Waals surface area (Å²) >= 11 is 0. The molecule has 0 rings (SSSR count). The SMILES string of the molecule is OCCOCCOCC(COCCOCCO)OCCOCCOCC(COCCOCCOC(COCCOCCO)COCCOCCO)(COCCOCCOC(COCCOCCO)COCCOCCO)COCCOCCOC(COCCOCCO)COCCOCCO. The Morgan fingerprint density at radius 1 is 0.139 bits per heavy atom. The highest BCUT2D eigenvalue weighted by Crippen LogP contribution is 2.21. The summed E-state index contributed by atoms with van der Waals surface area (Å²) in [7, 11) is 0. The van der Waals surface area contributed by atoms with E-state index in [9.17, 15) is 0 Å². The van der Waals surface area contributed by atoms with Gasteiger partial charge >= 0.3 is 0 Å². The molecule has 0 aromatic rings. The van der Waals surface area contributed by atoms with Crippen LogP contribution in [0.5, 0.6) is 0 Å². The van der Waals surface area contributed by atoms with Crippen molar-refractivity contribution in [1.82, 2.24) is 0 Å². The Balaban J connectivity index is 6.17. The van der Waals surface area contributed by atoms with Gasteiger partial charge < -0.3 is 173 Å². The molecule has 0 saturated heterocycles. The van der Waals surface area contributed by atoms with Crippen molar-refractivity contribution in [2.24, 2.45) is 5.41 Å². The van der Waals surface area contributed by atoms with Crippen molar-refractivity contribution < 1.29 is 173 Å². The van der Waals surface area contributed by atoms with E-state index in [2.05, 4.69) is 0 Å². The molecule has 0 saturated carbocycles. The fourth-order valence-corrected chi connectivity index (χ4v) is 7.95. The predicted molar refractivity (Wildman–Crippen MR) is 358 cm³/mol. The highest BCUT2D eigenvalue weighted by Gasteiger charge is 2.33. The number of hydrogen-bond donors (Lipinski definition) is 8. The molecule has 0 heterocycles. The van der Waals surface area contributed by atoms with Crippen molar-refractivity contribution in [3.8, 4) is 0 Å². The Labute approximate surface area is 598 Å². The van der Waals surface area contributed by atoms with Crippen molar-refractivity contribution in [1.29, 1.82) is 0 Å². The molecule has 0 aliphatic rings.